The minimum absolute atomic E-state index is 0.0616. The molecule has 12 heteroatoms. The zero-order chi connectivity index (χ0) is 27.0. The molecule has 3 fully saturated rings. The number of nitrogens with two attached hydrogens (primary N) is 1. The SMILES string of the molecule is Cn1ccc(-c2ccc(-c3cnn4c(N)c(C5CC5)c(C5C[C@H]6CC[C@@H](C5)N6C(=O)c5nnc[nH]5)nc34)cn2)n1. The van der Waals surface area contributed by atoms with Gasteiger partial charge in [-0.2, -0.15) is 14.7 Å². The number of hydrogen-bond donors (Lipinski definition) is 2. The smallest absolute Gasteiger partial charge is 0.292 e. The number of fused-ring (bicyclic) bond motifs is 3. The molecule has 1 unspecified atom stereocenters. The molecular formula is C28H29N11O. The Morgan fingerprint density at radius 2 is 1.85 bits per heavy atom. The lowest BCUT2D eigenvalue weighted by Gasteiger charge is -2.39. The van der Waals surface area contributed by atoms with Crippen molar-refractivity contribution in [2.75, 3.05) is 5.73 Å². The van der Waals surface area contributed by atoms with Gasteiger partial charge in [-0.25, -0.2) is 4.98 Å². The molecule has 40 heavy (non-hydrogen) atoms. The highest BCUT2D eigenvalue weighted by Crippen LogP contribution is 2.50. The number of carbonyl (C=O) groups is 1. The zero-order valence-corrected chi connectivity index (χ0v) is 22.1. The number of nitrogens with one attached hydrogen (secondary N) is 1. The van der Waals surface area contributed by atoms with E-state index in [0.717, 1.165) is 77.9 Å². The lowest BCUT2D eigenvalue weighted by Crippen LogP contribution is -2.46. The van der Waals surface area contributed by atoms with Gasteiger partial charge in [-0.1, -0.05) is 6.07 Å². The van der Waals surface area contributed by atoms with E-state index in [4.69, 9.17) is 10.7 Å². The number of rotatable bonds is 5. The lowest BCUT2D eigenvalue weighted by atomic mass is 9.85. The molecule has 12 nitrogen and oxygen atoms in total. The van der Waals surface area contributed by atoms with E-state index in [1.807, 2.05) is 48.7 Å². The second-order valence-electron chi connectivity index (χ2n) is 11.3. The van der Waals surface area contributed by atoms with Gasteiger partial charge in [-0.15, -0.1) is 10.2 Å². The third-order valence-electron chi connectivity index (χ3n) is 8.76. The molecule has 8 rings (SSSR count). The van der Waals surface area contributed by atoms with Crippen molar-refractivity contribution in [1.82, 2.24) is 49.4 Å². The first kappa shape index (κ1) is 23.3. The number of aryl methyl sites for hydroxylation is 1. The van der Waals surface area contributed by atoms with Gasteiger partial charge < -0.3 is 15.6 Å². The van der Waals surface area contributed by atoms with Gasteiger partial charge >= 0.3 is 0 Å². The quantitative estimate of drug-likeness (QED) is 0.348. The van der Waals surface area contributed by atoms with Crippen molar-refractivity contribution in [3.8, 4) is 22.5 Å². The van der Waals surface area contributed by atoms with Gasteiger partial charge in [-0.05, 0) is 56.6 Å². The summed E-state index contributed by atoms with van der Waals surface area (Å²) in [6.07, 6.45) is 13.0. The normalized spacial score (nSPS) is 22.3. The average Bonchev–Trinajstić information content (AvgIpc) is 3.31. The van der Waals surface area contributed by atoms with Crippen LogP contribution >= 0.6 is 0 Å². The van der Waals surface area contributed by atoms with E-state index >= 15 is 0 Å². The summed E-state index contributed by atoms with van der Waals surface area (Å²) < 4.78 is 3.55. The second kappa shape index (κ2) is 8.70. The Balaban J connectivity index is 1.16. The van der Waals surface area contributed by atoms with Crippen LogP contribution in [0.4, 0.5) is 5.82 Å². The largest absolute Gasteiger partial charge is 0.383 e. The molecule has 3 aliphatic rings. The van der Waals surface area contributed by atoms with Crippen molar-refractivity contribution in [3.63, 3.8) is 0 Å². The number of aromatic nitrogens is 9. The topological polar surface area (TPSA) is 149 Å². The molecule has 0 aromatic carbocycles. The van der Waals surface area contributed by atoms with Crippen LogP contribution in [0, 0.1) is 0 Å². The number of nitrogens with zero attached hydrogens (tertiary/aromatic N) is 9. The number of hydrogen-bond acceptors (Lipinski definition) is 8. The van der Waals surface area contributed by atoms with Crippen LogP contribution in [-0.2, 0) is 7.05 Å². The lowest BCUT2D eigenvalue weighted by molar-refractivity contribution is 0.0557. The number of carbonyl (C=O) groups excluding carboxylic acids is 1. The molecule has 7 heterocycles. The van der Waals surface area contributed by atoms with Gasteiger partial charge in [0.15, 0.2) is 5.65 Å². The number of nitrogen functional groups attached to an aromatic ring is 1. The molecule has 2 saturated heterocycles. The minimum atomic E-state index is -0.0616. The van der Waals surface area contributed by atoms with E-state index < -0.39 is 0 Å². The van der Waals surface area contributed by atoms with Crippen LogP contribution in [0.2, 0.25) is 0 Å². The maximum absolute atomic E-state index is 13.2. The van der Waals surface area contributed by atoms with Crippen LogP contribution in [-0.4, -0.2) is 67.4 Å². The summed E-state index contributed by atoms with van der Waals surface area (Å²) in [7, 11) is 1.89. The first-order chi connectivity index (χ1) is 19.5. The molecule has 1 amide bonds. The summed E-state index contributed by atoms with van der Waals surface area (Å²) >= 11 is 0. The Bertz CT molecular complexity index is 1720. The van der Waals surface area contributed by atoms with Gasteiger partial charge in [0.25, 0.3) is 5.91 Å². The highest BCUT2D eigenvalue weighted by molar-refractivity contribution is 5.91. The molecule has 1 aliphatic carbocycles. The molecule has 1 saturated carbocycles. The van der Waals surface area contributed by atoms with Crippen LogP contribution < -0.4 is 5.73 Å². The van der Waals surface area contributed by atoms with E-state index in [9.17, 15) is 4.79 Å². The summed E-state index contributed by atoms with van der Waals surface area (Å²) in [6.45, 7) is 0. The van der Waals surface area contributed by atoms with E-state index in [1.165, 1.54) is 6.33 Å². The predicted octanol–water partition coefficient (Wildman–Crippen LogP) is 3.32. The van der Waals surface area contributed by atoms with Crippen LogP contribution in [0.15, 0.2) is 43.1 Å². The van der Waals surface area contributed by atoms with Gasteiger partial charge in [0.1, 0.15) is 17.8 Å². The van der Waals surface area contributed by atoms with Crippen molar-refractivity contribution in [1.29, 1.82) is 0 Å². The Morgan fingerprint density at radius 1 is 1.02 bits per heavy atom. The summed E-state index contributed by atoms with van der Waals surface area (Å²) in [6, 6.07) is 6.26. The summed E-state index contributed by atoms with van der Waals surface area (Å²) in [5, 5.41) is 16.9. The Labute approximate surface area is 229 Å². The maximum atomic E-state index is 13.2. The van der Waals surface area contributed by atoms with Crippen molar-refractivity contribution in [2.24, 2.45) is 7.05 Å². The van der Waals surface area contributed by atoms with Gasteiger partial charge in [-0.3, -0.25) is 14.5 Å². The predicted molar refractivity (Wildman–Crippen MR) is 146 cm³/mol. The number of anilines is 1. The highest BCUT2D eigenvalue weighted by Gasteiger charge is 2.46. The van der Waals surface area contributed by atoms with E-state index in [-0.39, 0.29) is 23.9 Å². The number of piperidine rings is 1. The molecule has 3 N–H and O–H groups in total. The highest BCUT2D eigenvalue weighted by atomic mass is 16.2. The molecule has 3 atom stereocenters. The number of H-pyrrole nitrogens is 1. The average molecular weight is 536 g/mol. The van der Waals surface area contributed by atoms with Crippen molar-refractivity contribution in [3.05, 3.63) is 60.2 Å². The Kier molecular flexibility index (Phi) is 5.07. The van der Waals surface area contributed by atoms with E-state index in [2.05, 4.69) is 30.4 Å². The number of pyridine rings is 1. The summed E-state index contributed by atoms with van der Waals surface area (Å²) in [5.74, 6) is 1.58. The van der Waals surface area contributed by atoms with E-state index in [0.29, 0.717) is 17.6 Å². The minimum Gasteiger partial charge on any atom is -0.383 e. The van der Waals surface area contributed by atoms with Gasteiger partial charge in [0.2, 0.25) is 5.82 Å². The zero-order valence-electron chi connectivity index (χ0n) is 22.1. The first-order valence-electron chi connectivity index (χ1n) is 13.9. The fourth-order valence-corrected chi connectivity index (χ4v) is 6.77. The molecule has 2 aliphatic heterocycles. The van der Waals surface area contributed by atoms with E-state index in [1.54, 1.807) is 9.20 Å². The summed E-state index contributed by atoms with van der Waals surface area (Å²) in [4.78, 5) is 28.1. The molecule has 5 aromatic rings. The molecular weight excluding hydrogens is 506 g/mol. The third-order valence-corrected chi connectivity index (χ3v) is 8.76. The van der Waals surface area contributed by atoms with Crippen LogP contribution in [0.3, 0.4) is 0 Å². The second-order valence-corrected chi connectivity index (χ2v) is 11.3. The molecule has 2 bridgehead atoms. The fourth-order valence-electron chi connectivity index (χ4n) is 6.77. The molecule has 202 valence electrons. The Morgan fingerprint density at radius 3 is 2.50 bits per heavy atom. The maximum Gasteiger partial charge on any atom is 0.292 e. The van der Waals surface area contributed by atoms with Crippen molar-refractivity contribution < 1.29 is 4.79 Å². The molecule has 0 radical (unpaired) electrons. The third kappa shape index (κ3) is 3.62. The number of aromatic amines is 1. The fraction of sp³-hybridized carbons (Fsp3) is 0.393. The van der Waals surface area contributed by atoms with Crippen LogP contribution in [0.1, 0.15) is 72.2 Å². The molecule has 0 spiro atoms. The van der Waals surface area contributed by atoms with Crippen molar-refractivity contribution in [2.45, 2.75) is 62.4 Å². The first-order valence-corrected chi connectivity index (χ1v) is 13.9. The van der Waals surface area contributed by atoms with Crippen LogP contribution in [0.25, 0.3) is 28.2 Å². The summed E-state index contributed by atoms with van der Waals surface area (Å²) in [5.41, 5.74) is 13.3. The van der Waals surface area contributed by atoms with Gasteiger partial charge in [0.05, 0.1) is 17.6 Å². The van der Waals surface area contributed by atoms with Crippen molar-refractivity contribution >= 4 is 17.4 Å². The Hall–Kier alpha value is -4.61. The monoisotopic (exact) mass is 535 g/mol. The van der Waals surface area contributed by atoms with Crippen LogP contribution in [0.5, 0.6) is 0 Å². The standard InChI is InChI=1S/C28H29N11O/c1-37-9-8-22(36-37)21-7-4-16(12-30-21)20-13-33-39-25(29)23(15-2-3-15)24(34-27(20)39)17-10-18-5-6-19(11-17)38(18)28(40)26-31-14-32-35-26/h4,7-9,12-15,17-19H,2-3,5-6,10-11,29H2,1H3,(H,31,32,35)/t17?,18-,19+. The number of amides is 1. The van der Waals surface area contributed by atoms with Gasteiger partial charge in [0, 0.05) is 54.1 Å². The molecule has 5 aromatic heterocycles.